The number of carbonyl (C=O) groups is 1. The molecule has 3 rings (SSSR count). The molecule has 1 unspecified atom stereocenters. The third-order valence-electron chi connectivity index (χ3n) is 3.58. The Morgan fingerprint density at radius 1 is 1.07 bits per heavy atom. The topological polar surface area (TPSA) is 44.1 Å². The molecule has 0 N–H and O–H groups in total. The van der Waals surface area contributed by atoms with Crippen LogP contribution in [-0.2, 0) is 11.3 Å². The maximum Gasteiger partial charge on any atom is 0.372 e. The lowest BCUT2D eigenvalue weighted by Gasteiger charge is -2.20. The summed E-state index contributed by atoms with van der Waals surface area (Å²) in [7, 11) is 0. The van der Waals surface area contributed by atoms with E-state index < -0.39 is 11.4 Å². The number of thioether (sulfide) groups is 1. The van der Waals surface area contributed by atoms with Crippen molar-refractivity contribution < 1.29 is 9.53 Å². The molecule has 0 spiro atoms. The van der Waals surface area contributed by atoms with E-state index in [0.717, 1.165) is 11.8 Å². The van der Waals surface area contributed by atoms with Gasteiger partial charge in [-0.05, 0) is 42.1 Å². The Balaban J connectivity index is 1.79. The van der Waals surface area contributed by atoms with Crippen molar-refractivity contribution in [1.29, 1.82) is 0 Å². The van der Waals surface area contributed by atoms with E-state index in [4.69, 9.17) is 51.1 Å². The van der Waals surface area contributed by atoms with Crippen molar-refractivity contribution in [2.45, 2.75) is 17.5 Å². The Bertz CT molecular complexity index is 951. The van der Waals surface area contributed by atoms with Gasteiger partial charge in [-0.2, -0.15) is 0 Å². The molecule has 3 aromatic rings. The predicted octanol–water partition coefficient (Wildman–Crippen LogP) is 7.17. The average Bonchev–Trinajstić information content (AvgIpc) is 3.11. The zero-order chi connectivity index (χ0) is 19.4. The molecule has 1 atom stereocenters. The van der Waals surface area contributed by atoms with Crippen LogP contribution in [0.2, 0.25) is 20.1 Å². The van der Waals surface area contributed by atoms with Crippen LogP contribution >= 0.6 is 58.2 Å². The number of nitrogens with zero attached hydrogens (tertiary/aromatic N) is 2. The van der Waals surface area contributed by atoms with Crippen molar-refractivity contribution in [2.75, 3.05) is 0 Å². The Labute approximate surface area is 180 Å². The van der Waals surface area contributed by atoms with Crippen molar-refractivity contribution in [3.63, 3.8) is 0 Å². The molecular formula is C18H12Cl4N2O2S. The fraction of sp³-hybridized carbons (Fsp3) is 0.111. The lowest BCUT2D eigenvalue weighted by Crippen LogP contribution is -2.14. The molecular weight excluding hydrogens is 450 g/mol. The molecule has 0 aliphatic carbocycles. The lowest BCUT2D eigenvalue weighted by atomic mass is 10.1. The predicted molar refractivity (Wildman–Crippen MR) is 110 cm³/mol. The zero-order valence-electron chi connectivity index (χ0n) is 13.6. The number of carbonyl (C=O) groups excluding carboxylic acids is 1. The van der Waals surface area contributed by atoms with Gasteiger partial charge in [0.1, 0.15) is 6.10 Å². The molecule has 1 heterocycles. The first kappa shape index (κ1) is 20.4. The molecule has 2 aromatic carbocycles. The largest absolute Gasteiger partial charge is 0.447 e. The van der Waals surface area contributed by atoms with Gasteiger partial charge >= 0.3 is 5.30 Å². The van der Waals surface area contributed by atoms with E-state index in [9.17, 15) is 4.79 Å². The first-order valence-corrected chi connectivity index (χ1v) is 9.99. The van der Waals surface area contributed by atoms with Crippen molar-refractivity contribution in [3.05, 3.63) is 80.8 Å². The lowest BCUT2D eigenvalue weighted by molar-refractivity contribution is 0.111. The number of hydrogen-bond acceptors (Lipinski definition) is 4. The first-order valence-electron chi connectivity index (χ1n) is 7.66. The molecule has 1 aromatic heterocycles. The van der Waals surface area contributed by atoms with Crippen LogP contribution in [0.25, 0.3) is 0 Å². The number of rotatable bonds is 5. The fourth-order valence-corrected chi connectivity index (χ4v) is 3.89. The molecule has 0 saturated heterocycles. The average molecular weight is 462 g/mol. The summed E-state index contributed by atoms with van der Waals surface area (Å²) in [5.41, 5.74) is 0.651. The van der Waals surface area contributed by atoms with Crippen LogP contribution in [0.3, 0.4) is 0 Å². The second kappa shape index (κ2) is 9.22. The van der Waals surface area contributed by atoms with Gasteiger partial charge in [-0.25, -0.2) is 9.78 Å². The summed E-state index contributed by atoms with van der Waals surface area (Å²) in [6.45, 7) is 0.356. The number of hydrogen-bond donors (Lipinski definition) is 0. The standard InChI is InChI=1S/C18H12Cl4N2O2S/c19-11-1-3-13(15(21)7-11)17(9-24-6-5-23-10-24)26-18(25)27-12-2-4-14(20)16(22)8-12/h1-8,10,17H,9H2. The molecule has 0 saturated carbocycles. The minimum absolute atomic E-state index is 0.356. The Morgan fingerprint density at radius 2 is 1.89 bits per heavy atom. The van der Waals surface area contributed by atoms with Gasteiger partial charge in [0.2, 0.25) is 0 Å². The SMILES string of the molecule is O=C(OC(Cn1ccnc1)c1ccc(Cl)cc1Cl)Sc1ccc(Cl)c(Cl)c1. The van der Waals surface area contributed by atoms with E-state index in [-0.39, 0.29) is 0 Å². The normalized spacial score (nSPS) is 12.0. The summed E-state index contributed by atoms with van der Waals surface area (Å²) in [5, 5.41) is 1.21. The van der Waals surface area contributed by atoms with Gasteiger partial charge in [0.15, 0.2) is 0 Å². The molecule has 0 bridgehead atoms. The molecule has 140 valence electrons. The fourth-order valence-electron chi connectivity index (χ4n) is 2.32. The monoisotopic (exact) mass is 460 g/mol. The van der Waals surface area contributed by atoms with Gasteiger partial charge in [0, 0.05) is 32.9 Å². The van der Waals surface area contributed by atoms with Gasteiger partial charge in [0.05, 0.1) is 22.9 Å². The Kier molecular flexibility index (Phi) is 6.95. The van der Waals surface area contributed by atoms with Crippen LogP contribution in [0.4, 0.5) is 4.79 Å². The number of imidazole rings is 1. The number of halogens is 4. The van der Waals surface area contributed by atoms with E-state index in [1.54, 1.807) is 59.7 Å². The van der Waals surface area contributed by atoms with Crippen LogP contribution in [-0.4, -0.2) is 14.9 Å². The van der Waals surface area contributed by atoms with Gasteiger partial charge in [-0.1, -0.05) is 52.5 Å². The third kappa shape index (κ3) is 5.56. The second-order valence-electron chi connectivity index (χ2n) is 5.46. The van der Waals surface area contributed by atoms with Crippen molar-refractivity contribution in [1.82, 2.24) is 9.55 Å². The summed E-state index contributed by atoms with van der Waals surface area (Å²) < 4.78 is 7.47. The maximum absolute atomic E-state index is 12.5. The Hall–Kier alpha value is -1.37. The third-order valence-corrected chi connectivity index (χ3v) is 5.63. The second-order valence-corrected chi connectivity index (χ2v) is 8.13. The molecule has 4 nitrogen and oxygen atoms in total. The van der Waals surface area contributed by atoms with E-state index in [2.05, 4.69) is 4.98 Å². The van der Waals surface area contributed by atoms with Crippen LogP contribution in [0, 0.1) is 0 Å². The van der Waals surface area contributed by atoms with Crippen molar-refractivity contribution in [2.24, 2.45) is 0 Å². The first-order chi connectivity index (χ1) is 12.9. The molecule has 9 heteroatoms. The Morgan fingerprint density at radius 3 is 2.56 bits per heavy atom. The molecule has 27 heavy (non-hydrogen) atoms. The smallest absolute Gasteiger partial charge is 0.372 e. The quantitative estimate of drug-likeness (QED) is 0.298. The number of ether oxygens (including phenoxy) is 1. The minimum Gasteiger partial charge on any atom is -0.447 e. The summed E-state index contributed by atoms with van der Waals surface area (Å²) in [5.74, 6) is 0. The van der Waals surface area contributed by atoms with Crippen LogP contribution < -0.4 is 0 Å². The van der Waals surface area contributed by atoms with E-state index >= 15 is 0 Å². The van der Waals surface area contributed by atoms with Crippen LogP contribution in [0.5, 0.6) is 0 Å². The molecule has 0 aliphatic rings. The van der Waals surface area contributed by atoms with Gasteiger partial charge in [-0.15, -0.1) is 0 Å². The van der Waals surface area contributed by atoms with Crippen LogP contribution in [0.15, 0.2) is 60.0 Å². The molecule has 0 radical (unpaired) electrons. The number of aromatic nitrogens is 2. The minimum atomic E-state index is -0.619. The van der Waals surface area contributed by atoms with Gasteiger partial charge in [-0.3, -0.25) is 0 Å². The summed E-state index contributed by atoms with van der Waals surface area (Å²) in [4.78, 5) is 17.1. The highest BCUT2D eigenvalue weighted by molar-refractivity contribution is 8.13. The van der Waals surface area contributed by atoms with Crippen LogP contribution in [0.1, 0.15) is 11.7 Å². The van der Waals surface area contributed by atoms with Crippen molar-refractivity contribution >= 4 is 63.5 Å². The maximum atomic E-state index is 12.5. The van der Waals surface area contributed by atoms with Gasteiger partial charge in [0.25, 0.3) is 0 Å². The molecule has 0 aliphatic heterocycles. The summed E-state index contributed by atoms with van der Waals surface area (Å²) in [6, 6.07) is 9.97. The highest BCUT2D eigenvalue weighted by atomic mass is 35.5. The highest BCUT2D eigenvalue weighted by Crippen LogP contribution is 2.33. The van der Waals surface area contributed by atoms with E-state index in [1.165, 1.54) is 0 Å². The molecule has 0 amide bonds. The molecule has 0 fully saturated rings. The summed E-state index contributed by atoms with van der Waals surface area (Å²) >= 11 is 25.1. The van der Waals surface area contributed by atoms with Crippen molar-refractivity contribution in [3.8, 4) is 0 Å². The van der Waals surface area contributed by atoms with E-state index in [0.29, 0.717) is 37.1 Å². The summed E-state index contributed by atoms with van der Waals surface area (Å²) in [6.07, 6.45) is 4.44. The highest BCUT2D eigenvalue weighted by Gasteiger charge is 2.21. The van der Waals surface area contributed by atoms with Gasteiger partial charge < -0.3 is 9.30 Å². The number of benzene rings is 2. The zero-order valence-corrected chi connectivity index (χ0v) is 17.5. The van der Waals surface area contributed by atoms with E-state index in [1.807, 2.05) is 0 Å².